The Morgan fingerprint density at radius 2 is 1.76 bits per heavy atom. The summed E-state index contributed by atoms with van der Waals surface area (Å²) < 4.78 is 0. The summed E-state index contributed by atoms with van der Waals surface area (Å²) in [6, 6.07) is 5.77. The molecule has 118 valence electrons. The van der Waals surface area contributed by atoms with Crippen molar-refractivity contribution in [3.63, 3.8) is 0 Å². The van der Waals surface area contributed by atoms with E-state index in [9.17, 15) is 0 Å². The van der Waals surface area contributed by atoms with Crippen molar-refractivity contribution >= 4 is 0 Å². The lowest BCUT2D eigenvalue weighted by Gasteiger charge is -2.31. The van der Waals surface area contributed by atoms with Crippen LogP contribution in [0.5, 0.6) is 0 Å². The number of hydrogen-bond acceptors (Lipinski definition) is 2. The minimum atomic E-state index is 0.432. The molecule has 2 rings (SSSR count). The van der Waals surface area contributed by atoms with Gasteiger partial charge in [-0.25, -0.2) is 0 Å². The Bertz CT molecular complexity index is 453. The van der Waals surface area contributed by atoms with E-state index in [2.05, 4.69) is 64.0 Å². The molecule has 2 unspecified atom stereocenters. The molecule has 1 aliphatic carbocycles. The number of rotatable bonds is 7. The molecule has 0 radical (unpaired) electrons. The Morgan fingerprint density at radius 3 is 2.24 bits per heavy atom. The lowest BCUT2D eigenvalue weighted by molar-refractivity contribution is 0.210. The Kier molecular flexibility index (Phi) is 5.45. The maximum atomic E-state index is 3.70. The van der Waals surface area contributed by atoms with Crippen molar-refractivity contribution in [3.05, 3.63) is 34.4 Å². The summed E-state index contributed by atoms with van der Waals surface area (Å²) in [5.74, 6) is 0.928. The minimum Gasteiger partial charge on any atom is -0.309 e. The molecule has 1 aromatic carbocycles. The largest absolute Gasteiger partial charge is 0.309 e. The number of nitrogens with zero attached hydrogens (tertiary/aromatic N) is 1. The molecule has 1 aromatic rings. The van der Waals surface area contributed by atoms with Gasteiger partial charge in [-0.05, 0) is 76.7 Å². The van der Waals surface area contributed by atoms with Crippen LogP contribution in [0.2, 0.25) is 0 Å². The number of benzene rings is 1. The molecule has 21 heavy (non-hydrogen) atoms. The highest BCUT2D eigenvalue weighted by atomic mass is 15.2. The van der Waals surface area contributed by atoms with E-state index < -0.39 is 0 Å². The zero-order valence-electron chi connectivity index (χ0n) is 14.7. The average Bonchev–Trinajstić information content (AvgIpc) is 3.20. The van der Waals surface area contributed by atoms with E-state index in [1.54, 1.807) is 0 Å². The predicted octanol–water partition coefficient (Wildman–Crippen LogP) is 3.99. The number of hydrogen-bond donors (Lipinski definition) is 1. The molecule has 2 nitrogen and oxygen atoms in total. The molecule has 0 bridgehead atoms. The van der Waals surface area contributed by atoms with E-state index in [0.29, 0.717) is 12.1 Å². The van der Waals surface area contributed by atoms with Crippen molar-refractivity contribution < 1.29 is 0 Å². The van der Waals surface area contributed by atoms with Gasteiger partial charge >= 0.3 is 0 Å². The second-order valence-electron chi connectivity index (χ2n) is 6.94. The summed E-state index contributed by atoms with van der Waals surface area (Å²) >= 11 is 0. The second kappa shape index (κ2) is 6.93. The van der Waals surface area contributed by atoms with Gasteiger partial charge in [0.25, 0.3) is 0 Å². The van der Waals surface area contributed by atoms with Crippen molar-refractivity contribution in [1.82, 2.24) is 10.2 Å². The van der Waals surface area contributed by atoms with Gasteiger partial charge in [0.05, 0.1) is 0 Å². The van der Waals surface area contributed by atoms with Gasteiger partial charge in [-0.3, -0.25) is 0 Å². The first-order valence-electron chi connectivity index (χ1n) is 8.45. The lowest BCUT2D eigenvalue weighted by Crippen LogP contribution is -2.39. The van der Waals surface area contributed by atoms with Crippen molar-refractivity contribution in [2.24, 2.45) is 5.92 Å². The third-order valence-electron chi connectivity index (χ3n) is 5.01. The highest BCUT2D eigenvalue weighted by molar-refractivity contribution is 5.39. The van der Waals surface area contributed by atoms with Gasteiger partial charge in [-0.1, -0.05) is 24.6 Å². The van der Waals surface area contributed by atoms with Crippen LogP contribution in [0.4, 0.5) is 0 Å². The zero-order chi connectivity index (χ0) is 15.6. The average molecular weight is 288 g/mol. The van der Waals surface area contributed by atoms with Crippen LogP contribution in [0.25, 0.3) is 0 Å². The first-order valence-corrected chi connectivity index (χ1v) is 8.45. The standard InChI is InChI=1S/C19H32N2/c1-7-20-18(12-21(6)16(5)17-8-9-17)19-14(3)10-13(2)11-15(19)4/h10-11,16-18,20H,7-9,12H2,1-6H3. The molecule has 1 aliphatic rings. The molecule has 0 amide bonds. The maximum absolute atomic E-state index is 3.70. The van der Waals surface area contributed by atoms with Crippen LogP contribution >= 0.6 is 0 Å². The van der Waals surface area contributed by atoms with Gasteiger partial charge in [0.15, 0.2) is 0 Å². The van der Waals surface area contributed by atoms with E-state index in [4.69, 9.17) is 0 Å². The van der Waals surface area contributed by atoms with Gasteiger partial charge in [0.1, 0.15) is 0 Å². The minimum absolute atomic E-state index is 0.432. The fourth-order valence-electron chi connectivity index (χ4n) is 3.64. The highest BCUT2D eigenvalue weighted by Gasteiger charge is 2.31. The Labute approximate surface area is 130 Å². The molecule has 0 saturated heterocycles. The van der Waals surface area contributed by atoms with Gasteiger partial charge in [0.2, 0.25) is 0 Å². The van der Waals surface area contributed by atoms with Crippen LogP contribution < -0.4 is 5.32 Å². The van der Waals surface area contributed by atoms with Crippen LogP contribution in [0.1, 0.15) is 55.0 Å². The smallest absolute Gasteiger partial charge is 0.0454 e. The van der Waals surface area contributed by atoms with E-state index in [1.807, 2.05) is 0 Å². The summed E-state index contributed by atoms with van der Waals surface area (Å²) in [6.45, 7) is 13.4. The quantitative estimate of drug-likeness (QED) is 0.816. The van der Waals surface area contributed by atoms with Crippen LogP contribution in [0, 0.1) is 26.7 Å². The van der Waals surface area contributed by atoms with Crippen LogP contribution in [-0.2, 0) is 0 Å². The Balaban J connectivity index is 2.18. The number of likely N-dealkylation sites (N-methyl/N-ethyl adjacent to an activating group) is 2. The normalized spacial score (nSPS) is 18.0. The van der Waals surface area contributed by atoms with Gasteiger partial charge in [0, 0.05) is 18.6 Å². The van der Waals surface area contributed by atoms with E-state index in [-0.39, 0.29) is 0 Å². The molecule has 2 heteroatoms. The third kappa shape index (κ3) is 4.08. The molecule has 1 saturated carbocycles. The SMILES string of the molecule is CCNC(CN(C)C(C)C1CC1)c1c(C)cc(C)cc1C. The first-order chi connectivity index (χ1) is 9.93. The highest BCUT2D eigenvalue weighted by Crippen LogP contribution is 2.35. The third-order valence-corrected chi connectivity index (χ3v) is 5.01. The molecule has 0 spiro atoms. The Morgan fingerprint density at radius 1 is 1.19 bits per heavy atom. The van der Waals surface area contributed by atoms with Crippen molar-refractivity contribution in [2.75, 3.05) is 20.1 Å². The molecule has 1 N–H and O–H groups in total. The van der Waals surface area contributed by atoms with Crippen molar-refractivity contribution in [3.8, 4) is 0 Å². The fourth-order valence-corrected chi connectivity index (χ4v) is 3.64. The van der Waals surface area contributed by atoms with E-state index in [0.717, 1.165) is 19.0 Å². The lowest BCUT2D eigenvalue weighted by atomic mass is 9.93. The van der Waals surface area contributed by atoms with Crippen molar-refractivity contribution in [2.45, 2.75) is 59.5 Å². The molecular weight excluding hydrogens is 256 g/mol. The van der Waals surface area contributed by atoms with Crippen LogP contribution in [0.15, 0.2) is 12.1 Å². The molecule has 1 fully saturated rings. The summed E-state index contributed by atoms with van der Waals surface area (Å²) in [4.78, 5) is 2.55. The maximum Gasteiger partial charge on any atom is 0.0454 e. The van der Waals surface area contributed by atoms with Gasteiger partial charge in [-0.15, -0.1) is 0 Å². The predicted molar refractivity (Wildman–Crippen MR) is 91.9 cm³/mol. The van der Waals surface area contributed by atoms with Gasteiger partial charge in [-0.2, -0.15) is 0 Å². The fraction of sp³-hybridized carbons (Fsp3) is 0.684. The summed E-state index contributed by atoms with van der Waals surface area (Å²) in [7, 11) is 2.28. The van der Waals surface area contributed by atoms with Crippen molar-refractivity contribution in [1.29, 1.82) is 0 Å². The monoisotopic (exact) mass is 288 g/mol. The molecule has 0 aliphatic heterocycles. The molecule has 2 atom stereocenters. The molecule has 0 heterocycles. The van der Waals surface area contributed by atoms with Gasteiger partial charge < -0.3 is 10.2 Å². The first kappa shape index (κ1) is 16.5. The van der Waals surface area contributed by atoms with Crippen LogP contribution in [0.3, 0.4) is 0 Å². The zero-order valence-corrected chi connectivity index (χ0v) is 14.7. The summed E-state index contributed by atoms with van der Waals surface area (Å²) in [5, 5.41) is 3.70. The number of aryl methyl sites for hydroxylation is 3. The summed E-state index contributed by atoms with van der Waals surface area (Å²) in [5.41, 5.74) is 5.71. The Hall–Kier alpha value is -0.860. The number of nitrogens with one attached hydrogen (secondary N) is 1. The van der Waals surface area contributed by atoms with E-state index >= 15 is 0 Å². The molecule has 0 aromatic heterocycles. The summed E-state index contributed by atoms with van der Waals surface area (Å²) in [6.07, 6.45) is 2.83. The van der Waals surface area contributed by atoms with Crippen LogP contribution in [-0.4, -0.2) is 31.1 Å². The topological polar surface area (TPSA) is 15.3 Å². The molecular formula is C19H32N2. The second-order valence-corrected chi connectivity index (χ2v) is 6.94. The van der Waals surface area contributed by atoms with E-state index in [1.165, 1.54) is 35.1 Å².